The van der Waals surface area contributed by atoms with Gasteiger partial charge in [-0.15, -0.1) is 0 Å². The first-order chi connectivity index (χ1) is 16.8. The molecule has 6 rings (SSSR count). The molecule has 172 valence electrons. The molecule has 0 aliphatic carbocycles. The van der Waals surface area contributed by atoms with Crippen LogP contribution in [0, 0.1) is 0 Å². The number of hydrogen-bond donors (Lipinski definition) is 0. The first-order valence-corrected chi connectivity index (χ1v) is 12.3. The SMILES string of the molecule is CC1(C)OB(c2ccc3cc(-c4cccc5cc(-c6ccccc6)ccc45)ccc3c2)OC1(C)C. The van der Waals surface area contributed by atoms with E-state index in [2.05, 4.69) is 131 Å². The maximum atomic E-state index is 6.26. The van der Waals surface area contributed by atoms with Crippen LogP contribution in [-0.2, 0) is 9.31 Å². The second-order valence-electron chi connectivity index (χ2n) is 10.5. The van der Waals surface area contributed by atoms with Gasteiger partial charge < -0.3 is 9.31 Å². The average molecular weight is 456 g/mol. The maximum Gasteiger partial charge on any atom is 0.494 e. The van der Waals surface area contributed by atoms with Crippen LogP contribution in [0.4, 0.5) is 0 Å². The summed E-state index contributed by atoms with van der Waals surface area (Å²) in [5.41, 5.74) is 5.32. The minimum Gasteiger partial charge on any atom is -0.399 e. The quantitative estimate of drug-likeness (QED) is 0.260. The van der Waals surface area contributed by atoms with Crippen molar-refractivity contribution in [1.82, 2.24) is 0 Å². The molecular formula is C32H29BO2. The molecule has 2 nitrogen and oxygen atoms in total. The lowest BCUT2D eigenvalue weighted by Crippen LogP contribution is -2.41. The smallest absolute Gasteiger partial charge is 0.399 e. The molecule has 3 heteroatoms. The Bertz CT molecular complexity index is 1540. The van der Waals surface area contributed by atoms with E-state index in [0.717, 1.165) is 5.46 Å². The molecule has 1 heterocycles. The lowest BCUT2D eigenvalue weighted by molar-refractivity contribution is 0.00578. The van der Waals surface area contributed by atoms with E-state index in [9.17, 15) is 0 Å². The summed E-state index contributed by atoms with van der Waals surface area (Å²) < 4.78 is 12.5. The summed E-state index contributed by atoms with van der Waals surface area (Å²) in [5, 5.41) is 4.91. The molecule has 0 N–H and O–H groups in total. The third-order valence-corrected chi connectivity index (χ3v) is 7.69. The van der Waals surface area contributed by atoms with Gasteiger partial charge >= 0.3 is 7.12 Å². The summed E-state index contributed by atoms with van der Waals surface area (Å²) in [6, 6.07) is 37.1. The molecule has 1 aliphatic heterocycles. The van der Waals surface area contributed by atoms with Gasteiger partial charge in [-0.2, -0.15) is 0 Å². The molecule has 1 fully saturated rings. The van der Waals surface area contributed by atoms with Gasteiger partial charge in [0.25, 0.3) is 0 Å². The van der Waals surface area contributed by atoms with Crippen molar-refractivity contribution in [3.05, 3.63) is 103 Å². The van der Waals surface area contributed by atoms with Crippen LogP contribution in [-0.4, -0.2) is 18.3 Å². The maximum absolute atomic E-state index is 6.26. The molecule has 0 saturated carbocycles. The van der Waals surface area contributed by atoms with E-state index in [4.69, 9.17) is 9.31 Å². The minimum absolute atomic E-state index is 0.342. The van der Waals surface area contributed by atoms with Crippen LogP contribution in [0.1, 0.15) is 27.7 Å². The van der Waals surface area contributed by atoms with Crippen molar-refractivity contribution in [2.24, 2.45) is 0 Å². The Morgan fingerprint density at radius 2 is 1.17 bits per heavy atom. The van der Waals surface area contributed by atoms with Gasteiger partial charge in [-0.1, -0.05) is 91.0 Å². The highest BCUT2D eigenvalue weighted by atomic mass is 16.7. The van der Waals surface area contributed by atoms with Crippen molar-refractivity contribution in [1.29, 1.82) is 0 Å². The Labute approximate surface area is 207 Å². The second kappa shape index (κ2) is 8.08. The zero-order valence-corrected chi connectivity index (χ0v) is 20.7. The van der Waals surface area contributed by atoms with Gasteiger partial charge in [0.15, 0.2) is 0 Å². The highest BCUT2D eigenvalue weighted by molar-refractivity contribution is 6.62. The van der Waals surface area contributed by atoms with Crippen molar-refractivity contribution in [2.75, 3.05) is 0 Å². The Morgan fingerprint density at radius 1 is 0.514 bits per heavy atom. The largest absolute Gasteiger partial charge is 0.494 e. The highest BCUT2D eigenvalue weighted by Gasteiger charge is 2.51. The van der Waals surface area contributed by atoms with Crippen molar-refractivity contribution in [3.8, 4) is 22.3 Å². The molecule has 0 unspecified atom stereocenters. The Kier molecular flexibility index (Phi) is 5.10. The van der Waals surface area contributed by atoms with Crippen LogP contribution in [0.3, 0.4) is 0 Å². The summed E-state index contributed by atoms with van der Waals surface area (Å²) in [4.78, 5) is 0. The van der Waals surface area contributed by atoms with E-state index in [1.165, 1.54) is 43.8 Å². The molecule has 1 saturated heterocycles. The monoisotopic (exact) mass is 456 g/mol. The van der Waals surface area contributed by atoms with E-state index < -0.39 is 0 Å². The molecule has 1 aliphatic rings. The van der Waals surface area contributed by atoms with Crippen molar-refractivity contribution >= 4 is 34.1 Å². The fourth-order valence-electron chi connectivity index (χ4n) is 4.90. The number of benzene rings is 5. The first-order valence-electron chi connectivity index (χ1n) is 12.3. The van der Waals surface area contributed by atoms with Crippen LogP contribution in [0.2, 0.25) is 0 Å². The van der Waals surface area contributed by atoms with E-state index >= 15 is 0 Å². The lowest BCUT2D eigenvalue weighted by Gasteiger charge is -2.32. The third-order valence-electron chi connectivity index (χ3n) is 7.69. The molecule has 5 aromatic rings. The van der Waals surface area contributed by atoms with Crippen LogP contribution < -0.4 is 5.46 Å². The van der Waals surface area contributed by atoms with Crippen LogP contribution in [0.5, 0.6) is 0 Å². The van der Waals surface area contributed by atoms with Crippen LogP contribution in [0.15, 0.2) is 103 Å². The van der Waals surface area contributed by atoms with Gasteiger partial charge in [0.05, 0.1) is 11.2 Å². The van der Waals surface area contributed by atoms with Gasteiger partial charge in [0.2, 0.25) is 0 Å². The van der Waals surface area contributed by atoms with Gasteiger partial charge in [-0.3, -0.25) is 0 Å². The molecule has 0 bridgehead atoms. The molecular weight excluding hydrogens is 427 g/mol. The summed E-state index contributed by atoms with van der Waals surface area (Å²) in [5.74, 6) is 0. The first kappa shape index (κ1) is 22.1. The molecule has 0 aromatic heterocycles. The van der Waals surface area contributed by atoms with Gasteiger partial charge in [-0.05, 0) is 89.1 Å². The predicted molar refractivity (Wildman–Crippen MR) is 148 cm³/mol. The molecule has 0 spiro atoms. The van der Waals surface area contributed by atoms with E-state index in [1.54, 1.807) is 0 Å². The summed E-state index contributed by atoms with van der Waals surface area (Å²) in [7, 11) is -0.346. The Hall–Kier alpha value is -3.40. The fraction of sp³-hybridized carbons (Fsp3) is 0.188. The van der Waals surface area contributed by atoms with Gasteiger partial charge in [0, 0.05) is 0 Å². The fourth-order valence-corrected chi connectivity index (χ4v) is 4.90. The number of hydrogen-bond acceptors (Lipinski definition) is 2. The average Bonchev–Trinajstić information content (AvgIpc) is 3.09. The van der Waals surface area contributed by atoms with E-state index in [1.807, 2.05) is 0 Å². The third kappa shape index (κ3) is 3.85. The molecule has 5 aromatic carbocycles. The zero-order chi connectivity index (χ0) is 24.2. The lowest BCUT2D eigenvalue weighted by atomic mass is 9.78. The summed E-state index contributed by atoms with van der Waals surface area (Å²) >= 11 is 0. The van der Waals surface area contributed by atoms with E-state index in [-0.39, 0.29) is 18.3 Å². The molecule has 0 radical (unpaired) electrons. The molecule has 0 amide bonds. The second-order valence-corrected chi connectivity index (χ2v) is 10.5. The summed E-state index contributed by atoms with van der Waals surface area (Å²) in [6.07, 6.45) is 0. The van der Waals surface area contributed by atoms with Crippen LogP contribution >= 0.6 is 0 Å². The van der Waals surface area contributed by atoms with E-state index in [0.29, 0.717) is 0 Å². The zero-order valence-electron chi connectivity index (χ0n) is 20.7. The van der Waals surface area contributed by atoms with Crippen LogP contribution in [0.25, 0.3) is 43.8 Å². The summed E-state index contributed by atoms with van der Waals surface area (Å²) in [6.45, 7) is 8.36. The topological polar surface area (TPSA) is 18.5 Å². The standard InChI is InChI=1S/C32H29BO2/c1-31(2)32(3,4)35-33(34-31)28-17-15-24-20-27(14-13-25(24)21-28)29-12-8-11-26-19-23(16-18-30(26)29)22-9-6-5-7-10-22/h5-21H,1-4H3. The van der Waals surface area contributed by atoms with Crippen molar-refractivity contribution in [2.45, 2.75) is 38.9 Å². The Balaban J connectivity index is 1.36. The van der Waals surface area contributed by atoms with Crippen molar-refractivity contribution in [3.63, 3.8) is 0 Å². The molecule has 0 atom stereocenters. The number of rotatable bonds is 3. The highest BCUT2D eigenvalue weighted by Crippen LogP contribution is 2.37. The van der Waals surface area contributed by atoms with Crippen molar-refractivity contribution < 1.29 is 9.31 Å². The normalized spacial score (nSPS) is 16.7. The van der Waals surface area contributed by atoms with Gasteiger partial charge in [-0.25, -0.2) is 0 Å². The predicted octanol–water partition coefficient (Wildman–Crippen LogP) is 7.63. The molecule has 35 heavy (non-hydrogen) atoms. The minimum atomic E-state index is -0.346. The van der Waals surface area contributed by atoms with Gasteiger partial charge in [0.1, 0.15) is 0 Å². The number of fused-ring (bicyclic) bond motifs is 2. The Morgan fingerprint density at radius 3 is 1.94 bits per heavy atom.